The first-order valence-corrected chi connectivity index (χ1v) is 20.2. The van der Waals surface area contributed by atoms with E-state index in [2.05, 4.69) is 36.0 Å². The standard InChI is InChI=1S/C40H49F4N11O3.ClH/c41-27-17-28(45)22-53(21-27)34-12-15-54-37(49-34)32(19-47-54)39(58)48-33-23-55(51-36(33)40(42,43)44)30-6-4-25(5-7-30)20-52-13-10-24(11-14-52)18-46-29-3-1-2-26(16-29)31-8-9-35(56)50-38(31)57;/h1-3,12,15-16,19,23-25,27-28,30-31,46H,4-11,13-14,17-18,20-22,45H2,(H,48,58)(H,50,56,57);1H/t25?,27-,28-,30?,31?;/m1./s1. The second-order valence-corrected chi connectivity index (χ2v) is 16.4. The lowest BCUT2D eigenvalue weighted by Crippen LogP contribution is -2.48. The molecule has 0 bridgehead atoms. The number of benzene rings is 1. The SMILES string of the molecule is Cl.N[C@@H]1C[C@@H](F)CN(c2ccn3ncc(C(=O)Nc4cn(C5CCC(CN6CCC(CNc7cccc(C8CCC(=O)NC8=O)c7)CC6)CC5)nc4C(F)(F)F)c3n2)C1. The molecule has 4 aromatic rings. The second kappa shape index (κ2) is 17.8. The fourth-order valence-corrected chi connectivity index (χ4v) is 9.00. The number of fused-ring (bicyclic) bond motifs is 1. The fourth-order valence-electron chi connectivity index (χ4n) is 9.00. The smallest absolute Gasteiger partial charge is 0.385 e. The number of anilines is 3. The van der Waals surface area contributed by atoms with Gasteiger partial charge < -0.3 is 26.2 Å². The molecule has 3 aliphatic heterocycles. The zero-order valence-corrected chi connectivity index (χ0v) is 33.4. The number of nitrogens with two attached hydrogens (primary N) is 1. The largest absolute Gasteiger partial charge is 0.437 e. The lowest BCUT2D eigenvalue weighted by atomic mass is 9.85. The number of carbonyl (C=O) groups excluding carboxylic acids is 3. The normalized spacial score (nSPS) is 24.8. The third kappa shape index (κ3) is 9.81. The molecule has 3 atom stereocenters. The van der Waals surface area contributed by atoms with Gasteiger partial charge in [-0.1, -0.05) is 12.1 Å². The van der Waals surface area contributed by atoms with Crippen LogP contribution < -0.4 is 26.6 Å². The lowest BCUT2D eigenvalue weighted by Gasteiger charge is -2.36. The van der Waals surface area contributed by atoms with Gasteiger partial charge in [0.15, 0.2) is 11.3 Å². The maximum Gasteiger partial charge on any atom is 0.437 e. The van der Waals surface area contributed by atoms with Gasteiger partial charge in [-0.05, 0) is 100 Å². The summed E-state index contributed by atoms with van der Waals surface area (Å²) in [7, 11) is 0. The van der Waals surface area contributed by atoms with E-state index in [4.69, 9.17) is 5.73 Å². The molecule has 6 heterocycles. The Morgan fingerprint density at radius 2 is 1.78 bits per heavy atom. The molecule has 19 heteroatoms. The van der Waals surface area contributed by atoms with E-state index in [0.717, 1.165) is 63.1 Å². The molecule has 4 fully saturated rings. The van der Waals surface area contributed by atoms with Crippen molar-refractivity contribution >= 4 is 53.0 Å². The maximum absolute atomic E-state index is 14.3. The van der Waals surface area contributed by atoms with E-state index >= 15 is 0 Å². The molecule has 3 saturated heterocycles. The average molecular weight is 844 g/mol. The van der Waals surface area contributed by atoms with E-state index < -0.39 is 29.6 Å². The number of halogens is 5. The van der Waals surface area contributed by atoms with Crippen molar-refractivity contribution in [3.05, 3.63) is 65.7 Å². The van der Waals surface area contributed by atoms with Gasteiger partial charge in [0.1, 0.15) is 17.6 Å². The quantitative estimate of drug-likeness (QED) is 0.117. The van der Waals surface area contributed by atoms with Gasteiger partial charge >= 0.3 is 6.18 Å². The van der Waals surface area contributed by atoms with Crippen LogP contribution in [0.2, 0.25) is 0 Å². The van der Waals surface area contributed by atoms with Crippen molar-refractivity contribution in [3.63, 3.8) is 0 Å². The van der Waals surface area contributed by atoms with E-state index in [-0.39, 0.29) is 66.4 Å². The number of imide groups is 1. The first kappa shape index (κ1) is 42.3. The number of aromatic nitrogens is 5. The molecule has 3 aromatic heterocycles. The Morgan fingerprint density at radius 3 is 2.51 bits per heavy atom. The minimum absolute atomic E-state index is 0. The summed E-state index contributed by atoms with van der Waals surface area (Å²) in [5.41, 5.74) is 6.37. The minimum atomic E-state index is -4.80. The Morgan fingerprint density at radius 1 is 1.00 bits per heavy atom. The van der Waals surface area contributed by atoms with E-state index in [9.17, 15) is 31.9 Å². The summed E-state index contributed by atoms with van der Waals surface area (Å²) < 4.78 is 59.7. The Kier molecular flexibility index (Phi) is 12.8. The Labute approximate surface area is 345 Å². The van der Waals surface area contributed by atoms with Crippen molar-refractivity contribution in [1.82, 2.24) is 34.6 Å². The summed E-state index contributed by atoms with van der Waals surface area (Å²) in [6, 6.07) is 8.89. The molecule has 1 unspecified atom stereocenters. The van der Waals surface area contributed by atoms with Gasteiger partial charge in [-0.2, -0.15) is 23.4 Å². The molecule has 1 aliphatic carbocycles. The third-order valence-corrected chi connectivity index (χ3v) is 12.1. The van der Waals surface area contributed by atoms with Gasteiger partial charge in [0.25, 0.3) is 5.91 Å². The monoisotopic (exact) mass is 843 g/mol. The molecule has 59 heavy (non-hydrogen) atoms. The number of carbonyl (C=O) groups is 3. The highest BCUT2D eigenvalue weighted by atomic mass is 35.5. The first-order valence-electron chi connectivity index (χ1n) is 20.2. The zero-order valence-electron chi connectivity index (χ0n) is 32.5. The fraction of sp³-hybridized carbons (Fsp3) is 0.550. The Bertz CT molecular complexity index is 2120. The minimum Gasteiger partial charge on any atom is -0.385 e. The van der Waals surface area contributed by atoms with Crippen molar-refractivity contribution in [1.29, 1.82) is 0 Å². The summed E-state index contributed by atoms with van der Waals surface area (Å²) in [5, 5.41) is 16.5. The number of piperidine rings is 3. The Hall–Kier alpha value is -4.81. The third-order valence-electron chi connectivity index (χ3n) is 12.1. The van der Waals surface area contributed by atoms with Crippen molar-refractivity contribution in [3.8, 4) is 0 Å². The predicted molar refractivity (Wildman–Crippen MR) is 215 cm³/mol. The number of nitrogens with one attached hydrogen (secondary N) is 3. The number of alkyl halides is 4. The molecule has 14 nitrogen and oxygen atoms in total. The lowest BCUT2D eigenvalue weighted by molar-refractivity contribution is -0.141. The van der Waals surface area contributed by atoms with Crippen LogP contribution in [0.3, 0.4) is 0 Å². The van der Waals surface area contributed by atoms with Gasteiger partial charge in [0.2, 0.25) is 11.8 Å². The number of hydrogen-bond donors (Lipinski definition) is 4. The second-order valence-electron chi connectivity index (χ2n) is 16.4. The topological polar surface area (TPSA) is 168 Å². The van der Waals surface area contributed by atoms with Crippen LogP contribution in [0.1, 0.15) is 91.4 Å². The molecule has 318 valence electrons. The van der Waals surface area contributed by atoms with E-state index in [1.807, 2.05) is 24.3 Å². The van der Waals surface area contributed by atoms with Gasteiger partial charge in [-0.3, -0.25) is 24.4 Å². The van der Waals surface area contributed by atoms with Crippen molar-refractivity contribution in [2.45, 2.75) is 88.1 Å². The maximum atomic E-state index is 14.3. The highest BCUT2D eigenvalue weighted by molar-refractivity contribution is 6.08. The van der Waals surface area contributed by atoms with Crippen LogP contribution in [-0.2, 0) is 15.8 Å². The summed E-state index contributed by atoms with van der Waals surface area (Å²) in [4.78, 5) is 46.0. The molecular formula is C40H50ClF4N11O3. The molecule has 1 aromatic carbocycles. The van der Waals surface area contributed by atoms with Crippen molar-refractivity contribution < 1.29 is 31.9 Å². The van der Waals surface area contributed by atoms with Gasteiger partial charge in [-0.25, -0.2) is 13.9 Å². The molecule has 3 amide bonds. The summed E-state index contributed by atoms with van der Waals surface area (Å²) in [6.45, 7) is 4.21. The van der Waals surface area contributed by atoms with E-state index in [0.29, 0.717) is 49.9 Å². The number of hydrogen-bond acceptors (Lipinski definition) is 10. The average Bonchev–Trinajstić information content (AvgIpc) is 3.82. The van der Waals surface area contributed by atoms with E-state index in [1.54, 1.807) is 17.2 Å². The first-order chi connectivity index (χ1) is 27.9. The van der Waals surface area contributed by atoms with Crippen LogP contribution >= 0.6 is 12.4 Å². The number of rotatable bonds is 10. The van der Waals surface area contributed by atoms with Crippen molar-refractivity contribution in [2.75, 3.05) is 54.8 Å². The van der Waals surface area contributed by atoms with Crippen LogP contribution in [0.15, 0.2) is 48.9 Å². The summed E-state index contributed by atoms with van der Waals surface area (Å²) in [6.07, 6.45) is 4.43. The molecule has 1 saturated carbocycles. The van der Waals surface area contributed by atoms with Crippen LogP contribution in [-0.4, -0.2) is 98.5 Å². The van der Waals surface area contributed by atoms with Gasteiger partial charge in [-0.15, -0.1) is 12.4 Å². The summed E-state index contributed by atoms with van der Waals surface area (Å²) in [5.74, 6) is -0.258. The highest BCUT2D eigenvalue weighted by Gasteiger charge is 2.39. The number of likely N-dealkylation sites (tertiary alicyclic amines) is 1. The highest BCUT2D eigenvalue weighted by Crippen LogP contribution is 2.38. The van der Waals surface area contributed by atoms with Crippen molar-refractivity contribution in [2.24, 2.45) is 17.6 Å². The zero-order chi connectivity index (χ0) is 40.6. The molecule has 0 spiro atoms. The Balaban J connectivity index is 0.00000528. The van der Waals surface area contributed by atoms with Crippen LogP contribution in [0.25, 0.3) is 5.65 Å². The van der Waals surface area contributed by atoms with Gasteiger partial charge in [0, 0.05) is 50.2 Å². The number of nitrogens with zero attached hydrogens (tertiary/aromatic N) is 7. The number of amides is 3. The predicted octanol–water partition coefficient (Wildman–Crippen LogP) is 5.57. The van der Waals surface area contributed by atoms with E-state index in [1.165, 1.54) is 21.6 Å². The molecule has 0 radical (unpaired) electrons. The van der Waals surface area contributed by atoms with Gasteiger partial charge in [0.05, 0.1) is 30.4 Å². The molecule has 4 aliphatic rings. The van der Waals surface area contributed by atoms with Crippen LogP contribution in [0, 0.1) is 11.8 Å². The summed E-state index contributed by atoms with van der Waals surface area (Å²) >= 11 is 0. The molecular weight excluding hydrogens is 794 g/mol. The molecule has 5 N–H and O–H groups in total. The molecule has 8 rings (SSSR count). The van der Waals surface area contributed by atoms with Crippen LogP contribution in [0.5, 0.6) is 0 Å². The van der Waals surface area contributed by atoms with Crippen LogP contribution in [0.4, 0.5) is 34.8 Å².